The summed E-state index contributed by atoms with van der Waals surface area (Å²) >= 11 is 0. The SMILES string of the molecule is Cc1ccc(CN2CCN(C)C(CCO)C2)o1. The molecular formula is C13H22N2O2. The minimum atomic E-state index is 0.267. The molecule has 1 N–H and O–H groups in total. The van der Waals surface area contributed by atoms with Crippen molar-refractivity contribution < 1.29 is 9.52 Å². The molecular weight excluding hydrogens is 216 g/mol. The van der Waals surface area contributed by atoms with Crippen LogP contribution in [-0.4, -0.2) is 54.2 Å². The summed E-state index contributed by atoms with van der Waals surface area (Å²) in [5.74, 6) is 2.01. The molecule has 1 aliphatic rings. The summed E-state index contributed by atoms with van der Waals surface area (Å²) in [6, 6.07) is 4.52. The van der Waals surface area contributed by atoms with E-state index in [1.54, 1.807) is 0 Å². The van der Waals surface area contributed by atoms with Gasteiger partial charge in [0.1, 0.15) is 11.5 Å². The van der Waals surface area contributed by atoms with Gasteiger partial charge in [0, 0.05) is 32.3 Å². The van der Waals surface area contributed by atoms with E-state index in [0.29, 0.717) is 6.04 Å². The number of rotatable bonds is 4. The highest BCUT2D eigenvalue weighted by atomic mass is 16.3. The highest BCUT2D eigenvalue weighted by Gasteiger charge is 2.24. The van der Waals surface area contributed by atoms with E-state index in [2.05, 4.69) is 22.9 Å². The van der Waals surface area contributed by atoms with Gasteiger partial charge in [0.15, 0.2) is 0 Å². The van der Waals surface area contributed by atoms with Gasteiger partial charge in [-0.2, -0.15) is 0 Å². The molecule has 1 unspecified atom stereocenters. The second-order valence-corrected chi connectivity index (χ2v) is 4.89. The van der Waals surface area contributed by atoms with Crippen LogP contribution < -0.4 is 0 Å². The normalized spacial score (nSPS) is 23.1. The standard InChI is InChI=1S/C13H22N2O2/c1-11-3-4-13(17-11)10-15-7-6-14(2)12(9-15)5-8-16/h3-4,12,16H,5-10H2,1-2H3. The number of aliphatic hydroxyl groups excluding tert-OH is 1. The predicted molar refractivity (Wildman–Crippen MR) is 66.8 cm³/mol. The first-order valence-electron chi connectivity index (χ1n) is 6.28. The third-order valence-corrected chi connectivity index (χ3v) is 3.50. The van der Waals surface area contributed by atoms with Crippen LogP contribution in [0.15, 0.2) is 16.5 Å². The maximum Gasteiger partial charge on any atom is 0.118 e. The lowest BCUT2D eigenvalue weighted by molar-refractivity contribution is 0.0702. The summed E-state index contributed by atoms with van der Waals surface area (Å²) in [7, 11) is 2.13. The molecule has 0 saturated carbocycles. The molecule has 1 atom stereocenters. The van der Waals surface area contributed by atoms with Crippen molar-refractivity contribution in [2.75, 3.05) is 33.3 Å². The van der Waals surface area contributed by atoms with Gasteiger partial charge in [-0.05, 0) is 32.5 Å². The van der Waals surface area contributed by atoms with Crippen LogP contribution in [0.2, 0.25) is 0 Å². The van der Waals surface area contributed by atoms with Crippen LogP contribution in [0.25, 0.3) is 0 Å². The maximum atomic E-state index is 9.05. The zero-order valence-electron chi connectivity index (χ0n) is 10.7. The molecule has 1 fully saturated rings. The second kappa shape index (κ2) is 5.67. The van der Waals surface area contributed by atoms with Gasteiger partial charge in [-0.3, -0.25) is 4.90 Å². The highest BCUT2D eigenvalue weighted by Crippen LogP contribution is 2.15. The zero-order valence-corrected chi connectivity index (χ0v) is 10.7. The Labute approximate surface area is 103 Å². The fraction of sp³-hybridized carbons (Fsp3) is 0.692. The Kier molecular flexibility index (Phi) is 4.20. The van der Waals surface area contributed by atoms with E-state index in [4.69, 9.17) is 9.52 Å². The van der Waals surface area contributed by atoms with Gasteiger partial charge in [-0.1, -0.05) is 0 Å². The molecule has 1 aromatic rings. The summed E-state index contributed by atoms with van der Waals surface area (Å²) in [6.45, 7) is 6.26. The summed E-state index contributed by atoms with van der Waals surface area (Å²) < 4.78 is 5.60. The highest BCUT2D eigenvalue weighted by molar-refractivity contribution is 5.05. The van der Waals surface area contributed by atoms with Crippen molar-refractivity contribution in [3.63, 3.8) is 0 Å². The molecule has 4 heteroatoms. The number of aryl methyl sites for hydroxylation is 1. The molecule has 96 valence electrons. The van der Waals surface area contributed by atoms with Gasteiger partial charge in [0.25, 0.3) is 0 Å². The van der Waals surface area contributed by atoms with Gasteiger partial charge in [-0.25, -0.2) is 0 Å². The van der Waals surface area contributed by atoms with Crippen molar-refractivity contribution in [2.45, 2.75) is 25.9 Å². The van der Waals surface area contributed by atoms with Crippen molar-refractivity contribution >= 4 is 0 Å². The lowest BCUT2D eigenvalue weighted by Gasteiger charge is -2.39. The molecule has 4 nitrogen and oxygen atoms in total. The Bertz CT molecular complexity index is 351. The molecule has 2 rings (SSSR count). The number of likely N-dealkylation sites (N-methyl/N-ethyl adjacent to an activating group) is 1. The monoisotopic (exact) mass is 238 g/mol. The van der Waals surface area contributed by atoms with E-state index in [0.717, 1.165) is 44.1 Å². The second-order valence-electron chi connectivity index (χ2n) is 4.89. The predicted octanol–water partition coefficient (Wildman–Crippen LogP) is 1.09. The van der Waals surface area contributed by atoms with E-state index in [1.165, 1.54) is 0 Å². The van der Waals surface area contributed by atoms with Crippen LogP contribution in [0, 0.1) is 6.92 Å². The third-order valence-electron chi connectivity index (χ3n) is 3.50. The molecule has 2 heterocycles. The fourth-order valence-electron chi connectivity index (χ4n) is 2.41. The average molecular weight is 238 g/mol. The van der Waals surface area contributed by atoms with Crippen LogP contribution in [0.5, 0.6) is 0 Å². The average Bonchev–Trinajstić information content (AvgIpc) is 2.69. The van der Waals surface area contributed by atoms with Gasteiger partial charge in [0.05, 0.1) is 6.54 Å². The van der Waals surface area contributed by atoms with Crippen LogP contribution in [0.3, 0.4) is 0 Å². The quantitative estimate of drug-likeness (QED) is 0.852. The molecule has 1 aliphatic heterocycles. The van der Waals surface area contributed by atoms with Crippen molar-refractivity contribution in [1.29, 1.82) is 0 Å². The summed E-state index contributed by atoms with van der Waals surface area (Å²) in [5, 5.41) is 9.05. The number of hydrogen-bond acceptors (Lipinski definition) is 4. The topological polar surface area (TPSA) is 39.9 Å². The van der Waals surface area contributed by atoms with Gasteiger partial charge in [0.2, 0.25) is 0 Å². The van der Waals surface area contributed by atoms with Crippen LogP contribution >= 0.6 is 0 Å². The van der Waals surface area contributed by atoms with Crippen molar-refractivity contribution in [1.82, 2.24) is 9.80 Å². The first-order chi connectivity index (χ1) is 8.19. The Morgan fingerprint density at radius 1 is 1.41 bits per heavy atom. The summed E-state index contributed by atoms with van der Waals surface area (Å²) in [5.41, 5.74) is 0. The smallest absolute Gasteiger partial charge is 0.118 e. The van der Waals surface area contributed by atoms with E-state index in [1.807, 2.05) is 13.0 Å². The van der Waals surface area contributed by atoms with Gasteiger partial charge >= 0.3 is 0 Å². The van der Waals surface area contributed by atoms with Crippen molar-refractivity contribution in [3.8, 4) is 0 Å². The first kappa shape index (κ1) is 12.6. The molecule has 1 aromatic heterocycles. The Hall–Kier alpha value is -0.840. The van der Waals surface area contributed by atoms with Crippen LogP contribution in [-0.2, 0) is 6.54 Å². The van der Waals surface area contributed by atoms with E-state index in [9.17, 15) is 0 Å². The lowest BCUT2D eigenvalue weighted by atomic mass is 10.1. The molecule has 1 saturated heterocycles. The zero-order chi connectivity index (χ0) is 12.3. The Balaban J connectivity index is 1.89. The third kappa shape index (κ3) is 3.31. The van der Waals surface area contributed by atoms with E-state index in [-0.39, 0.29) is 6.61 Å². The fourth-order valence-corrected chi connectivity index (χ4v) is 2.41. The van der Waals surface area contributed by atoms with Gasteiger partial charge in [-0.15, -0.1) is 0 Å². The summed E-state index contributed by atoms with van der Waals surface area (Å²) in [4.78, 5) is 4.73. The lowest BCUT2D eigenvalue weighted by Crippen LogP contribution is -2.51. The van der Waals surface area contributed by atoms with Crippen molar-refractivity contribution in [2.24, 2.45) is 0 Å². The van der Waals surface area contributed by atoms with E-state index >= 15 is 0 Å². The van der Waals surface area contributed by atoms with Crippen LogP contribution in [0.1, 0.15) is 17.9 Å². The molecule has 0 bridgehead atoms. The van der Waals surface area contributed by atoms with Gasteiger partial charge < -0.3 is 14.4 Å². The minimum Gasteiger partial charge on any atom is -0.465 e. The molecule has 0 aliphatic carbocycles. The Morgan fingerprint density at radius 2 is 2.24 bits per heavy atom. The first-order valence-corrected chi connectivity index (χ1v) is 6.28. The minimum absolute atomic E-state index is 0.267. The maximum absolute atomic E-state index is 9.05. The summed E-state index contributed by atoms with van der Waals surface area (Å²) in [6.07, 6.45) is 0.851. The molecule has 0 aromatic carbocycles. The molecule has 0 amide bonds. The molecule has 17 heavy (non-hydrogen) atoms. The number of hydrogen-bond donors (Lipinski definition) is 1. The number of furan rings is 1. The molecule has 0 radical (unpaired) electrons. The number of nitrogens with zero attached hydrogens (tertiary/aromatic N) is 2. The van der Waals surface area contributed by atoms with Crippen LogP contribution in [0.4, 0.5) is 0 Å². The van der Waals surface area contributed by atoms with E-state index < -0.39 is 0 Å². The van der Waals surface area contributed by atoms with Crippen molar-refractivity contribution in [3.05, 3.63) is 23.7 Å². The largest absolute Gasteiger partial charge is 0.465 e. The molecule has 0 spiro atoms. The Morgan fingerprint density at radius 3 is 2.88 bits per heavy atom. The number of aliphatic hydroxyl groups is 1. The number of piperazine rings is 1.